The van der Waals surface area contributed by atoms with Crippen LogP contribution in [0.4, 0.5) is 5.69 Å². The van der Waals surface area contributed by atoms with Crippen LogP contribution in [0.3, 0.4) is 0 Å². The van der Waals surface area contributed by atoms with Gasteiger partial charge in [-0.1, -0.05) is 54.1 Å². The van der Waals surface area contributed by atoms with Crippen molar-refractivity contribution in [2.24, 2.45) is 0 Å². The average molecular weight is 521 g/mol. The number of hydrogen-bond donors (Lipinski definition) is 1. The van der Waals surface area contributed by atoms with E-state index in [9.17, 15) is 13.2 Å². The van der Waals surface area contributed by atoms with Gasteiger partial charge in [0, 0.05) is 25.2 Å². The number of hydrogen-bond acceptors (Lipinski definition) is 5. The van der Waals surface area contributed by atoms with E-state index in [-0.39, 0.29) is 22.8 Å². The van der Waals surface area contributed by atoms with Gasteiger partial charge in [0.15, 0.2) is 6.10 Å². The Bertz CT molecular complexity index is 1370. The summed E-state index contributed by atoms with van der Waals surface area (Å²) in [7, 11) is -3.91. The lowest BCUT2D eigenvalue weighted by molar-refractivity contribution is -0.128. The van der Waals surface area contributed by atoms with E-state index < -0.39 is 16.1 Å². The normalized spacial score (nSPS) is 19.0. The van der Waals surface area contributed by atoms with Crippen molar-refractivity contribution in [3.8, 4) is 5.75 Å². The maximum Gasteiger partial charge on any atom is 0.264 e. The van der Waals surface area contributed by atoms with Crippen LogP contribution in [-0.4, -0.2) is 46.7 Å². The Balaban J connectivity index is 1.41. The number of carbonyl (C=O) groups is 1. The van der Waals surface area contributed by atoms with E-state index in [2.05, 4.69) is 17.4 Å². The quantitative estimate of drug-likeness (QED) is 0.529. The summed E-state index contributed by atoms with van der Waals surface area (Å²) in [5, 5.41) is 3.08. The molecule has 194 valence electrons. The van der Waals surface area contributed by atoms with Gasteiger partial charge in [0.25, 0.3) is 15.9 Å². The van der Waals surface area contributed by atoms with Gasteiger partial charge in [-0.2, -0.15) is 0 Å². The molecule has 0 radical (unpaired) electrons. The molecular formula is C29H32N2O5S. The highest BCUT2D eigenvalue weighted by atomic mass is 32.2. The van der Waals surface area contributed by atoms with Crippen molar-refractivity contribution < 1.29 is 22.7 Å². The largest absolute Gasteiger partial charge is 0.476 e. The molecule has 0 saturated carbocycles. The van der Waals surface area contributed by atoms with Crippen LogP contribution in [0.1, 0.15) is 29.5 Å². The third kappa shape index (κ3) is 5.08. The molecule has 1 amide bonds. The van der Waals surface area contributed by atoms with Crippen molar-refractivity contribution in [3.05, 3.63) is 89.5 Å². The van der Waals surface area contributed by atoms with Gasteiger partial charge < -0.3 is 14.8 Å². The van der Waals surface area contributed by atoms with Crippen LogP contribution in [0.5, 0.6) is 5.75 Å². The van der Waals surface area contributed by atoms with E-state index in [0.717, 1.165) is 29.5 Å². The Morgan fingerprint density at radius 2 is 1.65 bits per heavy atom. The number of aryl methyl sites for hydroxylation is 2. The molecule has 5 rings (SSSR count). The summed E-state index contributed by atoms with van der Waals surface area (Å²) in [6.07, 6.45) is 0.598. The van der Waals surface area contributed by atoms with Crippen LogP contribution in [0, 0.1) is 13.8 Å². The average Bonchev–Trinajstić information content (AvgIpc) is 2.92. The molecule has 8 heteroatoms. The fraction of sp³-hybridized carbons (Fsp3) is 0.345. The minimum atomic E-state index is -3.91. The molecule has 7 nitrogen and oxygen atoms in total. The van der Waals surface area contributed by atoms with Crippen LogP contribution < -0.4 is 14.4 Å². The number of ether oxygens (including phenoxy) is 2. The number of nitrogens with one attached hydrogen (secondary N) is 1. The second kappa shape index (κ2) is 10.2. The van der Waals surface area contributed by atoms with Gasteiger partial charge in [-0.15, -0.1) is 0 Å². The molecule has 1 saturated heterocycles. The maximum atomic E-state index is 13.7. The monoisotopic (exact) mass is 520 g/mol. The Morgan fingerprint density at radius 3 is 2.35 bits per heavy atom. The molecule has 3 aromatic carbocycles. The van der Waals surface area contributed by atoms with E-state index in [0.29, 0.717) is 31.2 Å². The molecule has 37 heavy (non-hydrogen) atoms. The first-order chi connectivity index (χ1) is 17.8. The molecule has 2 aliphatic heterocycles. The fourth-order valence-electron chi connectivity index (χ4n) is 5.05. The smallest absolute Gasteiger partial charge is 0.264 e. The summed E-state index contributed by atoms with van der Waals surface area (Å²) in [5.41, 5.74) is 3.22. The molecule has 0 bridgehead atoms. The lowest BCUT2D eigenvalue weighted by atomic mass is 9.74. The van der Waals surface area contributed by atoms with E-state index in [1.54, 1.807) is 36.4 Å². The predicted octanol–water partition coefficient (Wildman–Crippen LogP) is 4.12. The first-order valence-electron chi connectivity index (χ1n) is 12.6. The van der Waals surface area contributed by atoms with Gasteiger partial charge in [0.05, 0.1) is 17.1 Å². The Labute approximate surface area is 218 Å². The van der Waals surface area contributed by atoms with E-state index in [1.165, 1.54) is 4.31 Å². The van der Waals surface area contributed by atoms with Crippen molar-refractivity contribution in [2.45, 2.75) is 43.1 Å². The Hall–Kier alpha value is -3.36. The number of sulfonamides is 1. The number of nitrogens with zero attached hydrogens (tertiary/aromatic N) is 1. The first kappa shape index (κ1) is 25.3. The third-order valence-electron chi connectivity index (χ3n) is 7.32. The van der Waals surface area contributed by atoms with Gasteiger partial charge in [-0.05, 0) is 62.1 Å². The SMILES string of the molecule is Cc1ccc(S(=O)(=O)N2C[C@H](C(=O)NCC3(c4ccccc4)CCOCC3)Oc3ccc(C)cc32)cc1. The Morgan fingerprint density at radius 1 is 0.973 bits per heavy atom. The second-order valence-electron chi connectivity index (χ2n) is 9.90. The van der Waals surface area contributed by atoms with Crippen LogP contribution in [0.2, 0.25) is 0 Å². The summed E-state index contributed by atoms with van der Waals surface area (Å²) in [6, 6.07) is 22.3. The molecule has 3 aromatic rings. The Kier molecular flexibility index (Phi) is 6.96. The van der Waals surface area contributed by atoms with E-state index in [1.807, 2.05) is 38.1 Å². The number of rotatable bonds is 6. The standard InChI is InChI=1S/C29H32N2O5S/c1-21-8-11-24(12-9-21)37(33,34)31-19-27(36-26-13-10-22(2)18-25(26)31)28(32)30-20-29(14-16-35-17-15-29)23-6-4-3-5-7-23/h3-13,18,27H,14-17,19-20H2,1-2H3,(H,30,32)/t27-/m1/s1. The molecule has 0 unspecified atom stereocenters. The molecule has 1 N–H and O–H groups in total. The second-order valence-corrected chi connectivity index (χ2v) is 11.8. The van der Waals surface area contributed by atoms with Crippen LogP contribution in [-0.2, 0) is 25.0 Å². The summed E-state index contributed by atoms with van der Waals surface area (Å²) in [5.74, 6) is 0.0358. The lowest BCUT2D eigenvalue weighted by Crippen LogP contribution is -2.53. The maximum absolute atomic E-state index is 13.7. The third-order valence-corrected chi connectivity index (χ3v) is 9.12. The molecule has 1 atom stereocenters. The van der Waals surface area contributed by atoms with Crippen molar-refractivity contribution in [1.29, 1.82) is 0 Å². The van der Waals surface area contributed by atoms with Gasteiger partial charge in [-0.25, -0.2) is 8.42 Å². The number of anilines is 1. The summed E-state index contributed by atoms with van der Waals surface area (Å²) >= 11 is 0. The molecule has 2 aliphatic rings. The van der Waals surface area contributed by atoms with Crippen molar-refractivity contribution in [2.75, 3.05) is 30.6 Å². The minimum Gasteiger partial charge on any atom is -0.476 e. The fourth-order valence-corrected chi connectivity index (χ4v) is 6.52. The molecule has 0 aliphatic carbocycles. The van der Waals surface area contributed by atoms with Crippen LogP contribution in [0.25, 0.3) is 0 Å². The number of benzene rings is 3. The highest BCUT2D eigenvalue weighted by molar-refractivity contribution is 7.92. The molecular weight excluding hydrogens is 488 g/mol. The molecule has 1 fully saturated rings. The van der Waals surface area contributed by atoms with Crippen molar-refractivity contribution >= 4 is 21.6 Å². The predicted molar refractivity (Wildman–Crippen MR) is 142 cm³/mol. The van der Waals surface area contributed by atoms with E-state index >= 15 is 0 Å². The minimum absolute atomic E-state index is 0.111. The summed E-state index contributed by atoms with van der Waals surface area (Å²) in [4.78, 5) is 13.6. The van der Waals surface area contributed by atoms with Crippen molar-refractivity contribution in [3.63, 3.8) is 0 Å². The van der Waals surface area contributed by atoms with Crippen molar-refractivity contribution in [1.82, 2.24) is 5.32 Å². The van der Waals surface area contributed by atoms with E-state index in [4.69, 9.17) is 9.47 Å². The number of fused-ring (bicyclic) bond motifs is 1. The van der Waals surface area contributed by atoms with Crippen LogP contribution in [0.15, 0.2) is 77.7 Å². The topological polar surface area (TPSA) is 84.9 Å². The van der Waals surface area contributed by atoms with Gasteiger partial charge in [-0.3, -0.25) is 9.10 Å². The highest BCUT2D eigenvalue weighted by Gasteiger charge is 2.40. The highest BCUT2D eigenvalue weighted by Crippen LogP contribution is 2.38. The summed E-state index contributed by atoms with van der Waals surface area (Å²) < 4.78 is 40.4. The number of carbonyl (C=O) groups excluding carboxylic acids is 1. The van der Waals surface area contributed by atoms with Gasteiger partial charge >= 0.3 is 0 Å². The van der Waals surface area contributed by atoms with Crippen LogP contribution >= 0.6 is 0 Å². The van der Waals surface area contributed by atoms with Gasteiger partial charge in [0.1, 0.15) is 5.75 Å². The molecule has 2 heterocycles. The van der Waals surface area contributed by atoms with Gasteiger partial charge in [0.2, 0.25) is 0 Å². The summed E-state index contributed by atoms with van der Waals surface area (Å²) in [6.45, 7) is 5.36. The zero-order valence-corrected chi connectivity index (χ0v) is 22.0. The zero-order chi connectivity index (χ0) is 26.0. The zero-order valence-electron chi connectivity index (χ0n) is 21.1. The molecule has 0 aromatic heterocycles. The molecule has 0 spiro atoms. The lowest BCUT2D eigenvalue weighted by Gasteiger charge is -2.39. The number of amides is 1. The first-order valence-corrected chi connectivity index (χ1v) is 14.0.